The molecule has 0 aliphatic carbocycles. The Morgan fingerprint density at radius 1 is 1.35 bits per heavy atom. The fourth-order valence-corrected chi connectivity index (χ4v) is 3.09. The molecule has 0 bridgehead atoms. The molecule has 0 aliphatic heterocycles. The summed E-state index contributed by atoms with van der Waals surface area (Å²) in [5.74, 6) is -1.30. The van der Waals surface area contributed by atoms with Crippen LogP contribution in [0.5, 0.6) is 5.75 Å². The number of hydrogen-bond acceptors (Lipinski definition) is 6. The van der Waals surface area contributed by atoms with Crippen molar-refractivity contribution < 1.29 is 24.2 Å². The number of amides is 2. The molecule has 1 unspecified atom stereocenters. The lowest BCUT2D eigenvalue weighted by molar-refractivity contribution is -0.120. The largest absolute Gasteiger partial charge is 0.497 e. The first-order chi connectivity index (χ1) is 12.3. The average molecular weight is 377 g/mol. The van der Waals surface area contributed by atoms with Crippen LogP contribution in [0.25, 0.3) is 0 Å². The Hall–Kier alpha value is -2.94. The topological polar surface area (TPSA) is 118 Å². The number of carboxylic acids is 1. The number of carboxylic acid groups (broad SMARTS) is 1. The van der Waals surface area contributed by atoms with Gasteiger partial charge in [-0.2, -0.15) is 0 Å². The number of aromatic nitrogens is 1. The van der Waals surface area contributed by atoms with Crippen LogP contribution in [0, 0.1) is 6.92 Å². The van der Waals surface area contributed by atoms with Gasteiger partial charge in [-0.05, 0) is 32.0 Å². The van der Waals surface area contributed by atoms with E-state index in [2.05, 4.69) is 15.6 Å². The molecule has 1 atom stereocenters. The van der Waals surface area contributed by atoms with Gasteiger partial charge in [0.2, 0.25) is 5.91 Å². The minimum Gasteiger partial charge on any atom is -0.497 e. The monoisotopic (exact) mass is 377 g/mol. The first-order valence-corrected chi connectivity index (χ1v) is 8.55. The van der Waals surface area contributed by atoms with Crippen molar-refractivity contribution >= 4 is 29.1 Å². The molecule has 9 heteroatoms. The number of nitrogens with one attached hydrogen (secondary N) is 2. The molecule has 138 valence electrons. The third-order valence-electron chi connectivity index (χ3n) is 3.50. The number of hydrogen-bond donors (Lipinski definition) is 3. The average Bonchev–Trinajstić information content (AvgIpc) is 3.02. The van der Waals surface area contributed by atoms with E-state index in [9.17, 15) is 14.4 Å². The number of nitrogens with zero attached hydrogens (tertiary/aromatic N) is 1. The molecule has 2 rings (SSSR count). The van der Waals surface area contributed by atoms with Gasteiger partial charge in [-0.1, -0.05) is 6.07 Å². The normalized spacial score (nSPS) is 11.5. The lowest BCUT2D eigenvalue weighted by atomic mass is 10.2. The summed E-state index contributed by atoms with van der Waals surface area (Å²) in [5.41, 5.74) is 0.789. The molecule has 1 aromatic heterocycles. The van der Waals surface area contributed by atoms with Gasteiger partial charge in [0.15, 0.2) is 0 Å². The van der Waals surface area contributed by atoms with Crippen molar-refractivity contribution in [3.05, 3.63) is 45.4 Å². The van der Waals surface area contributed by atoms with Crippen LogP contribution in [0.15, 0.2) is 24.3 Å². The van der Waals surface area contributed by atoms with Crippen molar-refractivity contribution in [1.82, 2.24) is 15.6 Å². The second-order valence-corrected chi connectivity index (χ2v) is 6.51. The maximum Gasteiger partial charge on any atom is 0.347 e. The van der Waals surface area contributed by atoms with Crippen LogP contribution in [0.1, 0.15) is 43.7 Å². The Morgan fingerprint density at radius 2 is 2.08 bits per heavy atom. The van der Waals surface area contributed by atoms with Gasteiger partial charge in [-0.15, -0.1) is 11.3 Å². The van der Waals surface area contributed by atoms with E-state index in [-0.39, 0.29) is 11.4 Å². The maximum absolute atomic E-state index is 12.1. The number of aromatic carboxylic acids is 1. The van der Waals surface area contributed by atoms with Gasteiger partial charge < -0.3 is 20.5 Å². The molecule has 2 aromatic rings. The molecule has 1 aromatic carbocycles. The Balaban J connectivity index is 1.90. The Labute approximate surface area is 154 Å². The van der Waals surface area contributed by atoms with Crippen LogP contribution >= 0.6 is 11.3 Å². The smallest absolute Gasteiger partial charge is 0.347 e. The Bertz CT molecular complexity index is 834. The second kappa shape index (κ2) is 8.43. The highest BCUT2D eigenvalue weighted by atomic mass is 32.1. The zero-order valence-electron chi connectivity index (χ0n) is 14.5. The van der Waals surface area contributed by atoms with E-state index in [0.29, 0.717) is 22.0 Å². The van der Waals surface area contributed by atoms with E-state index < -0.39 is 23.8 Å². The summed E-state index contributed by atoms with van der Waals surface area (Å²) in [6.07, 6.45) is 0. The molecule has 1 heterocycles. The fourth-order valence-electron chi connectivity index (χ4n) is 2.18. The quantitative estimate of drug-likeness (QED) is 0.677. The second-order valence-electron chi connectivity index (χ2n) is 5.48. The number of thiazole rings is 1. The third-order valence-corrected chi connectivity index (χ3v) is 4.82. The predicted molar refractivity (Wildman–Crippen MR) is 95.7 cm³/mol. The van der Waals surface area contributed by atoms with E-state index in [1.165, 1.54) is 7.11 Å². The van der Waals surface area contributed by atoms with Gasteiger partial charge in [0.1, 0.15) is 15.6 Å². The van der Waals surface area contributed by atoms with Gasteiger partial charge in [-0.3, -0.25) is 9.59 Å². The zero-order chi connectivity index (χ0) is 19.3. The van der Waals surface area contributed by atoms with E-state index >= 15 is 0 Å². The molecule has 0 saturated carbocycles. The highest BCUT2D eigenvalue weighted by Gasteiger charge is 2.19. The van der Waals surface area contributed by atoms with Crippen molar-refractivity contribution in [1.29, 1.82) is 0 Å². The molecule has 2 amide bonds. The minimum absolute atomic E-state index is 0.146. The van der Waals surface area contributed by atoms with E-state index in [1.807, 2.05) is 0 Å². The number of carbonyl (C=O) groups excluding carboxylic acids is 2. The first kappa shape index (κ1) is 19.4. The van der Waals surface area contributed by atoms with Gasteiger partial charge in [0.05, 0.1) is 25.4 Å². The van der Waals surface area contributed by atoms with Gasteiger partial charge in [0.25, 0.3) is 5.91 Å². The van der Waals surface area contributed by atoms with Crippen LogP contribution in [0.3, 0.4) is 0 Å². The van der Waals surface area contributed by atoms with Gasteiger partial charge >= 0.3 is 5.97 Å². The highest BCUT2D eigenvalue weighted by Crippen LogP contribution is 2.23. The summed E-state index contributed by atoms with van der Waals surface area (Å²) in [7, 11) is 1.50. The van der Waals surface area contributed by atoms with E-state index in [1.54, 1.807) is 38.1 Å². The SMILES string of the molecule is COc1cccc(C(=O)NCC(=O)NC(C)c2nc(C)c(C(=O)O)s2)c1. The number of rotatable bonds is 7. The highest BCUT2D eigenvalue weighted by molar-refractivity contribution is 7.13. The van der Waals surface area contributed by atoms with Crippen LogP contribution in [-0.2, 0) is 4.79 Å². The molecular formula is C17H19N3O5S. The summed E-state index contributed by atoms with van der Waals surface area (Å²) in [4.78, 5) is 39.5. The van der Waals surface area contributed by atoms with Crippen molar-refractivity contribution in [3.8, 4) is 5.75 Å². The number of methoxy groups -OCH3 is 1. The van der Waals surface area contributed by atoms with Crippen molar-refractivity contribution in [2.45, 2.75) is 19.9 Å². The number of benzene rings is 1. The summed E-state index contributed by atoms with van der Waals surface area (Å²) in [5, 5.41) is 14.8. The third kappa shape index (κ3) is 4.79. The molecule has 0 spiro atoms. The van der Waals surface area contributed by atoms with Crippen LogP contribution < -0.4 is 15.4 Å². The summed E-state index contributed by atoms with van der Waals surface area (Å²) < 4.78 is 5.05. The van der Waals surface area contributed by atoms with Gasteiger partial charge in [0, 0.05) is 5.56 Å². The molecule has 0 radical (unpaired) electrons. The lowest BCUT2D eigenvalue weighted by Crippen LogP contribution is -2.38. The number of ether oxygens (including phenoxy) is 1. The van der Waals surface area contributed by atoms with Crippen molar-refractivity contribution in [2.24, 2.45) is 0 Å². The van der Waals surface area contributed by atoms with Crippen molar-refractivity contribution in [3.63, 3.8) is 0 Å². The summed E-state index contributed by atoms with van der Waals surface area (Å²) >= 11 is 1.02. The number of carbonyl (C=O) groups is 3. The molecule has 3 N–H and O–H groups in total. The van der Waals surface area contributed by atoms with Crippen LogP contribution in [-0.4, -0.2) is 41.5 Å². The molecule has 0 aliphatic rings. The molecular weight excluding hydrogens is 358 g/mol. The predicted octanol–water partition coefficient (Wildman–Crippen LogP) is 1.77. The van der Waals surface area contributed by atoms with E-state index in [4.69, 9.17) is 9.84 Å². The first-order valence-electron chi connectivity index (χ1n) is 7.74. The van der Waals surface area contributed by atoms with Gasteiger partial charge in [-0.25, -0.2) is 9.78 Å². The van der Waals surface area contributed by atoms with Crippen LogP contribution in [0.4, 0.5) is 0 Å². The summed E-state index contributed by atoms with van der Waals surface area (Å²) in [6, 6.07) is 6.12. The molecule has 8 nitrogen and oxygen atoms in total. The molecule has 26 heavy (non-hydrogen) atoms. The number of aryl methyl sites for hydroxylation is 1. The standard InChI is InChI=1S/C17H19N3O5S/c1-9-14(17(23)24)26-16(20-9)10(2)19-13(21)8-18-15(22)11-5-4-6-12(7-11)25-3/h4-7,10H,8H2,1-3H3,(H,18,22)(H,19,21)(H,23,24). The lowest BCUT2D eigenvalue weighted by Gasteiger charge is -2.12. The zero-order valence-corrected chi connectivity index (χ0v) is 15.3. The Morgan fingerprint density at radius 3 is 2.69 bits per heavy atom. The fraction of sp³-hybridized carbons (Fsp3) is 0.294. The summed E-state index contributed by atoms with van der Waals surface area (Å²) in [6.45, 7) is 3.09. The molecule has 0 fully saturated rings. The van der Waals surface area contributed by atoms with E-state index in [0.717, 1.165) is 11.3 Å². The van der Waals surface area contributed by atoms with Crippen molar-refractivity contribution in [2.75, 3.05) is 13.7 Å². The minimum atomic E-state index is -1.05. The maximum atomic E-state index is 12.1. The Kier molecular flexibility index (Phi) is 6.29. The molecule has 0 saturated heterocycles. The van der Waals surface area contributed by atoms with Crippen LogP contribution in [0.2, 0.25) is 0 Å².